The van der Waals surface area contributed by atoms with E-state index in [2.05, 4.69) is 36.3 Å². The summed E-state index contributed by atoms with van der Waals surface area (Å²) in [6.07, 6.45) is 0. The van der Waals surface area contributed by atoms with Gasteiger partial charge in [-0.15, -0.1) is 11.3 Å². The van der Waals surface area contributed by atoms with E-state index in [1.54, 1.807) is 13.8 Å². The predicted octanol–water partition coefficient (Wildman–Crippen LogP) is 5.67. The first-order valence-corrected chi connectivity index (χ1v) is 12.9. The lowest BCUT2D eigenvalue weighted by molar-refractivity contribution is 0.102. The number of sulfonamides is 1. The number of amides is 1. The van der Waals surface area contributed by atoms with E-state index in [1.807, 2.05) is 12.3 Å². The van der Waals surface area contributed by atoms with Gasteiger partial charge in [0.25, 0.3) is 5.91 Å². The SMILES string of the molecule is CCN(CC)S(=O)(=O)c1cc(C(=O)Nc2nc(-c3cc(C)c(C)cc3C)cs2)ccc1Cl. The van der Waals surface area contributed by atoms with Gasteiger partial charge < -0.3 is 0 Å². The van der Waals surface area contributed by atoms with Gasteiger partial charge in [-0.05, 0) is 61.7 Å². The van der Waals surface area contributed by atoms with Gasteiger partial charge in [0.05, 0.1) is 10.7 Å². The van der Waals surface area contributed by atoms with Crippen molar-refractivity contribution >= 4 is 44.0 Å². The fourth-order valence-corrected chi connectivity index (χ4v) is 6.07. The van der Waals surface area contributed by atoms with Crippen LogP contribution in [0.4, 0.5) is 5.13 Å². The summed E-state index contributed by atoms with van der Waals surface area (Å²) in [6.45, 7) is 10.3. The van der Waals surface area contributed by atoms with Crippen LogP contribution in [-0.4, -0.2) is 36.7 Å². The van der Waals surface area contributed by atoms with Gasteiger partial charge in [0.1, 0.15) is 4.90 Å². The number of aryl methyl sites for hydroxylation is 3. The number of nitrogens with one attached hydrogen (secondary N) is 1. The van der Waals surface area contributed by atoms with Crippen molar-refractivity contribution in [1.82, 2.24) is 9.29 Å². The molecule has 0 aliphatic heterocycles. The molecular weight excluding hydrogens is 466 g/mol. The molecule has 0 unspecified atom stereocenters. The highest BCUT2D eigenvalue weighted by molar-refractivity contribution is 7.89. The first kappa shape index (κ1) is 24.4. The minimum absolute atomic E-state index is 0.0789. The van der Waals surface area contributed by atoms with Crippen molar-refractivity contribution in [2.75, 3.05) is 18.4 Å². The Kier molecular flexibility index (Phi) is 7.39. The lowest BCUT2D eigenvalue weighted by atomic mass is 9.99. The first-order valence-electron chi connectivity index (χ1n) is 10.2. The van der Waals surface area contributed by atoms with Crippen LogP contribution in [0, 0.1) is 20.8 Å². The van der Waals surface area contributed by atoms with E-state index in [-0.39, 0.29) is 15.5 Å². The summed E-state index contributed by atoms with van der Waals surface area (Å²) in [6, 6.07) is 8.45. The smallest absolute Gasteiger partial charge is 0.257 e. The van der Waals surface area contributed by atoms with Crippen LogP contribution >= 0.6 is 22.9 Å². The summed E-state index contributed by atoms with van der Waals surface area (Å²) in [5.41, 5.74) is 5.50. The summed E-state index contributed by atoms with van der Waals surface area (Å²) in [4.78, 5) is 17.3. The second-order valence-electron chi connectivity index (χ2n) is 7.48. The molecule has 0 aliphatic carbocycles. The number of thiazole rings is 1. The number of carbonyl (C=O) groups excluding carboxylic acids is 1. The highest BCUT2D eigenvalue weighted by Crippen LogP contribution is 2.30. The van der Waals surface area contributed by atoms with Gasteiger partial charge in [-0.25, -0.2) is 13.4 Å². The number of aromatic nitrogens is 1. The molecule has 1 amide bonds. The lowest BCUT2D eigenvalue weighted by Crippen LogP contribution is -2.31. The predicted molar refractivity (Wildman–Crippen MR) is 131 cm³/mol. The summed E-state index contributed by atoms with van der Waals surface area (Å²) in [7, 11) is -3.80. The number of hydrogen-bond donors (Lipinski definition) is 1. The number of halogens is 1. The molecule has 0 spiro atoms. The van der Waals surface area contributed by atoms with Crippen molar-refractivity contribution in [3.63, 3.8) is 0 Å². The maximum Gasteiger partial charge on any atom is 0.257 e. The standard InChI is InChI=1S/C23H26ClN3O3S2/c1-6-27(7-2)32(29,30)21-12-17(8-9-19(21)24)22(28)26-23-25-20(13-31-23)18-11-15(4)14(3)10-16(18)5/h8-13H,6-7H2,1-5H3,(H,25,26,28). The van der Waals surface area contributed by atoms with E-state index in [9.17, 15) is 13.2 Å². The van der Waals surface area contributed by atoms with Crippen molar-refractivity contribution in [2.24, 2.45) is 0 Å². The molecule has 9 heteroatoms. The summed E-state index contributed by atoms with van der Waals surface area (Å²) in [5, 5.41) is 5.17. The molecular formula is C23H26ClN3O3S2. The molecule has 0 bridgehead atoms. The lowest BCUT2D eigenvalue weighted by Gasteiger charge is -2.19. The van der Waals surface area contributed by atoms with Crippen LogP contribution in [0.5, 0.6) is 0 Å². The van der Waals surface area contributed by atoms with Crippen molar-refractivity contribution in [3.8, 4) is 11.3 Å². The number of rotatable bonds is 7. The quantitative estimate of drug-likeness (QED) is 0.461. The number of carbonyl (C=O) groups is 1. The minimum Gasteiger partial charge on any atom is -0.298 e. The highest BCUT2D eigenvalue weighted by Gasteiger charge is 2.25. The van der Waals surface area contributed by atoms with E-state index in [4.69, 9.17) is 11.6 Å². The summed E-state index contributed by atoms with van der Waals surface area (Å²) >= 11 is 7.48. The molecule has 0 atom stereocenters. The van der Waals surface area contributed by atoms with Crippen LogP contribution < -0.4 is 5.32 Å². The molecule has 0 saturated carbocycles. The molecule has 0 radical (unpaired) electrons. The minimum atomic E-state index is -3.80. The third kappa shape index (κ3) is 4.88. The van der Waals surface area contributed by atoms with Crippen LogP contribution in [0.25, 0.3) is 11.3 Å². The Morgan fingerprint density at radius 2 is 1.72 bits per heavy atom. The van der Waals surface area contributed by atoms with Gasteiger partial charge in [0, 0.05) is 29.6 Å². The molecule has 1 aromatic heterocycles. The fraction of sp³-hybridized carbons (Fsp3) is 0.304. The average Bonchev–Trinajstić information content (AvgIpc) is 3.19. The van der Waals surface area contributed by atoms with Crippen molar-refractivity contribution < 1.29 is 13.2 Å². The Bertz CT molecular complexity index is 1270. The Hall–Kier alpha value is -2.26. The van der Waals surface area contributed by atoms with Gasteiger partial charge >= 0.3 is 0 Å². The third-order valence-corrected chi connectivity index (χ3v) is 8.65. The molecule has 3 rings (SSSR count). The Morgan fingerprint density at radius 1 is 1.06 bits per heavy atom. The molecule has 1 heterocycles. The van der Waals surface area contributed by atoms with Gasteiger partial charge in [-0.1, -0.05) is 31.5 Å². The van der Waals surface area contributed by atoms with Crippen molar-refractivity contribution in [2.45, 2.75) is 39.5 Å². The number of nitrogens with zero attached hydrogens (tertiary/aromatic N) is 2. The monoisotopic (exact) mass is 491 g/mol. The zero-order valence-corrected chi connectivity index (χ0v) is 21.1. The van der Waals surface area contributed by atoms with E-state index >= 15 is 0 Å². The van der Waals surface area contributed by atoms with Crippen LogP contribution in [0.2, 0.25) is 5.02 Å². The van der Waals surface area contributed by atoms with Crippen molar-refractivity contribution in [1.29, 1.82) is 0 Å². The number of benzene rings is 2. The maximum absolute atomic E-state index is 12.9. The number of hydrogen-bond acceptors (Lipinski definition) is 5. The van der Waals surface area contributed by atoms with E-state index in [1.165, 1.54) is 45.0 Å². The zero-order valence-electron chi connectivity index (χ0n) is 18.7. The highest BCUT2D eigenvalue weighted by atomic mass is 35.5. The largest absolute Gasteiger partial charge is 0.298 e. The topological polar surface area (TPSA) is 79.4 Å². The molecule has 0 fully saturated rings. The normalized spacial score (nSPS) is 11.7. The molecule has 6 nitrogen and oxygen atoms in total. The van der Waals surface area contributed by atoms with Gasteiger partial charge in [0.15, 0.2) is 5.13 Å². The molecule has 0 aliphatic rings. The Labute approximate surface area is 198 Å². The Morgan fingerprint density at radius 3 is 2.38 bits per heavy atom. The molecule has 32 heavy (non-hydrogen) atoms. The van der Waals surface area contributed by atoms with Crippen LogP contribution in [0.1, 0.15) is 40.9 Å². The summed E-state index contributed by atoms with van der Waals surface area (Å²) in [5.74, 6) is -0.449. The second-order valence-corrected chi connectivity index (χ2v) is 10.6. The molecule has 0 saturated heterocycles. The average molecular weight is 492 g/mol. The summed E-state index contributed by atoms with van der Waals surface area (Å²) < 4.78 is 27.1. The number of anilines is 1. The van der Waals surface area contributed by atoms with Crippen LogP contribution in [0.3, 0.4) is 0 Å². The van der Waals surface area contributed by atoms with Gasteiger partial charge in [-0.2, -0.15) is 4.31 Å². The molecule has 3 aromatic rings. The van der Waals surface area contributed by atoms with Gasteiger partial charge in [-0.3, -0.25) is 10.1 Å². The molecule has 2 aromatic carbocycles. The third-order valence-electron chi connectivity index (χ3n) is 5.36. The first-order chi connectivity index (χ1) is 15.1. The van der Waals surface area contributed by atoms with Crippen molar-refractivity contribution in [3.05, 3.63) is 63.0 Å². The van der Waals surface area contributed by atoms with Crippen LogP contribution in [-0.2, 0) is 10.0 Å². The van der Waals surface area contributed by atoms with E-state index < -0.39 is 15.9 Å². The Balaban J connectivity index is 1.87. The fourth-order valence-electron chi connectivity index (χ4n) is 3.41. The molecule has 1 N–H and O–H groups in total. The second kappa shape index (κ2) is 9.70. The van der Waals surface area contributed by atoms with Gasteiger partial charge in [0.2, 0.25) is 10.0 Å². The maximum atomic E-state index is 12.9. The van der Waals surface area contributed by atoms with E-state index in [0.717, 1.165) is 16.8 Å². The zero-order chi connectivity index (χ0) is 23.6. The van der Waals surface area contributed by atoms with Crippen LogP contribution in [0.15, 0.2) is 40.6 Å². The van der Waals surface area contributed by atoms with E-state index in [0.29, 0.717) is 18.2 Å². The molecule has 170 valence electrons.